The SMILES string of the molecule is CCOC(=O)C=C1C=COC(C2CCNN2)=C1. The van der Waals surface area contributed by atoms with Gasteiger partial charge in [0.1, 0.15) is 5.76 Å². The van der Waals surface area contributed by atoms with E-state index in [1.807, 2.05) is 6.08 Å². The summed E-state index contributed by atoms with van der Waals surface area (Å²) in [4.78, 5) is 11.3. The van der Waals surface area contributed by atoms with Gasteiger partial charge >= 0.3 is 5.97 Å². The summed E-state index contributed by atoms with van der Waals surface area (Å²) >= 11 is 0. The van der Waals surface area contributed by atoms with Crippen molar-refractivity contribution in [2.75, 3.05) is 13.2 Å². The van der Waals surface area contributed by atoms with Crippen LogP contribution in [0.2, 0.25) is 0 Å². The molecule has 1 atom stereocenters. The number of allylic oxidation sites excluding steroid dienone is 3. The van der Waals surface area contributed by atoms with Crippen LogP contribution < -0.4 is 10.9 Å². The van der Waals surface area contributed by atoms with E-state index in [1.54, 1.807) is 19.3 Å². The Balaban J connectivity index is 2.05. The monoisotopic (exact) mass is 236 g/mol. The van der Waals surface area contributed by atoms with Crippen LogP contribution in [0.1, 0.15) is 13.3 Å². The van der Waals surface area contributed by atoms with Gasteiger partial charge in [0, 0.05) is 12.6 Å². The van der Waals surface area contributed by atoms with E-state index >= 15 is 0 Å². The molecule has 0 aromatic heterocycles. The fourth-order valence-corrected chi connectivity index (χ4v) is 1.73. The molecule has 0 aromatic carbocycles. The highest BCUT2D eigenvalue weighted by Crippen LogP contribution is 2.19. The molecular formula is C12H16N2O3. The first-order chi connectivity index (χ1) is 8.29. The standard InChI is InChI=1S/C12H16N2O3/c1-2-16-12(15)8-9-4-6-17-11(7-9)10-3-5-13-14-10/h4,6-8,10,13-14H,2-3,5H2,1H3. The third-order valence-corrected chi connectivity index (χ3v) is 2.52. The van der Waals surface area contributed by atoms with E-state index in [0.29, 0.717) is 6.61 Å². The summed E-state index contributed by atoms with van der Waals surface area (Å²) < 4.78 is 10.3. The fraction of sp³-hybridized carbons (Fsp3) is 0.417. The second-order valence-electron chi connectivity index (χ2n) is 3.78. The molecule has 92 valence electrons. The van der Waals surface area contributed by atoms with E-state index in [1.165, 1.54) is 6.08 Å². The highest BCUT2D eigenvalue weighted by Gasteiger charge is 2.21. The number of carbonyl (C=O) groups excluding carboxylic acids is 1. The number of rotatable bonds is 3. The largest absolute Gasteiger partial charge is 0.468 e. The van der Waals surface area contributed by atoms with E-state index in [9.17, 15) is 4.79 Å². The molecule has 1 fully saturated rings. The molecule has 2 aliphatic rings. The van der Waals surface area contributed by atoms with Gasteiger partial charge in [0.2, 0.25) is 0 Å². The topological polar surface area (TPSA) is 59.6 Å². The molecule has 0 amide bonds. The lowest BCUT2D eigenvalue weighted by Gasteiger charge is -2.16. The highest BCUT2D eigenvalue weighted by atomic mass is 16.5. The van der Waals surface area contributed by atoms with Crippen molar-refractivity contribution in [1.82, 2.24) is 10.9 Å². The van der Waals surface area contributed by atoms with Gasteiger partial charge in [0.05, 0.1) is 18.9 Å². The van der Waals surface area contributed by atoms with Crippen molar-refractivity contribution in [2.45, 2.75) is 19.4 Å². The second kappa shape index (κ2) is 5.65. The number of hydrogen-bond acceptors (Lipinski definition) is 5. The van der Waals surface area contributed by atoms with E-state index in [4.69, 9.17) is 9.47 Å². The van der Waals surface area contributed by atoms with Crippen molar-refractivity contribution in [3.05, 3.63) is 35.8 Å². The summed E-state index contributed by atoms with van der Waals surface area (Å²) in [6.07, 6.45) is 7.60. The lowest BCUT2D eigenvalue weighted by atomic mass is 10.1. The molecule has 5 heteroatoms. The highest BCUT2D eigenvalue weighted by molar-refractivity contribution is 5.84. The van der Waals surface area contributed by atoms with Crippen LogP contribution in [-0.2, 0) is 14.3 Å². The molecule has 0 spiro atoms. The summed E-state index contributed by atoms with van der Waals surface area (Å²) in [5.74, 6) is 0.482. The van der Waals surface area contributed by atoms with Crippen LogP contribution in [-0.4, -0.2) is 25.2 Å². The van der Waals surface area contributed by atoms with Gasteiger partial charge in [-0.25, -0.2) is 10.2 Å². The molecular weight excluding hydrogens is 220 g/mol. The Labute approximate surface area is 100 Å². The maximum Gasteiger partial charge on any atom is 0.331 e. The fourth-order valence-electron chi connectivity index (χ4n) is 1.73. The zero-order valence-electron chi connectivity index (χ0n) is 9.73. The zero-order chi connectivity index (χ0) is 12.1. The molecule has 0 aromatic rings. The Bertz CT molecular complexity index is 379. The van der Waals surface area contributed by atoms with Crippen molar-refractivity contribution >= 4 is 5.97 Å². The lowest BCUT2D eigenvalue weighted by Crippen LogP contribution is -2.32. The maximum absolute atomic E-state index is 11.3. The number of nitrogens with one attached hydrogen (secondary N) is 2. The second-order valence-corrected chi connectivity index (χ2v) is 3.78. The van der Waals surface area contributed by atoms with Crippen molar-refractivity contribution in [1.29, 1.82) is 0 Å². The van der Waals surface area contributed by atoms with Gasteiger partial charge in [-0.05, 0) is 31.1 Å². The van der Waals surface area contributed by atoms with Crippen molar-refractivity contribution in [3.8, 4) is 0 Å². The molecule has 2 aliphatic heterocycles. The smallest absolute Gasteiger partial charge is 0.331 e. The van der Waals surface area contributed by atoms with Crippen LogP contribution in [0.3, 0.4) is 0 Å². The Morgan fingerprint density at radius 3 is 3.29 bits per heavy atom. The minimum absolute atomic E-state index is 0.158. The van der Waals surface area contributed by atoms with E-state index < -0.39 is 0 Å². The average Bonchev–Trinajstić information content (AvgIpc) is 2.83. The Kier molecular flexibility index (Phi) is 3.95. The summed E-state index contributed by atoms with van der Waals surface area (Å²) in [6.45, 7) is 3.07. The van der Waals surface area contributed by atoms with Crippen LogP contribution in [0, 0.1) is 0 Å². The van der Waals surface area contributed by atoms with Crippen LogP contribution in [0.25, 0.3) is 0 Å². The number of hydrogen-bond donors (Lipinski definition) is 2. The van der Waals surface area contributed by atoms with Crippen molar-refractivity contribution in [3.63, 3.8) is 0 Å². The minimum Gasteiger partial charge on any atom is -0.468 e. The number of carbonyl (C=O) groups is 1. The molecule has 5 nitrogen and oxygen atoms in total. The quantitative estimate of drug-likeness (QED) is 0.560. The van der Waals surface area contributed by atoms with Gasteiger partial charge in [-0.3, -0.25) is 5.43 Å². The van der Waals surface area contributed by atoms with Crippen LogP contribution in [0.15, 0.2) is 35.8 Å². The zero-order valence-corrected chi connectivity index (χ0v) is 9.73. The Morgan fingerprint density at radius 2 is 2.59 bits per heavy atom. The summed E-state index contributed by atoms with van der Waals surface area (Å²) in [5, 5.41) is 0. The first-order valence-electron chi connectivity index (χ1n) is 5.71. The molecule has 2 heterocycles. The number of ether oxygens (including phenoxy) is 2. The number of hydrazine groups is 1. The molecule has 2 N–H and O–H groups in total. The van der Waals surface area contributed by atoms with Gasteiger partial charge in [-0.2, -0.15) is 0 Å². The van der Waals surface area contributed by atoms with Crippen LogP contribution >= 0.6 is 0 Å². The van der Waals surface area contributed by atoms with Gasteiger partial charge in [0.25, 0.3) is 0 Å². The Morgan fingerprint density at radius 1 is 1.71 bits per heavy atom. The Hall–Kier alpha value is -1.59. The van der Waals surface area contributed by atoms with E-state index in [-0.39, 0.29) is 12.0 Å². The predicted octanol–water partition coefficient (Wildman–Crippen LogP) is 0.770. The van der Waals surface area contributed by atoms with E-state index in [0.717, 1.165) is 24.3 Å². The van der Waals surface area contributed by atoms with Crippen LogP contribution in [0.5, 0.6) is 0 Å². The molecule has 2 rings (SSSR count). The third-order valence-electron chi connectivity index (χ3n) is 2.52. The van der Waals surface area contributed by atoms with Gasteiger partial charge in [-0.1, -0.05) is 0 Å². The maximum atomic E-state index is 11.3. The van der Waals surface area contributed by atoms with Gasteiger partial charge in [-0.15, -0.1) is 0 Å². The molecule has 1 unspecified atom stereocenters. The summed E-state index contributed by atoms with van der Waals surface area (Å²) in [7, 11) is 0. The molecule has 0 aliphatic carbocycles. The summed E-state index contributed by atoms with van der Waals surface area (Å²) in [6, 6.07) is 0.158. The normalized spacial score (nSPS) is 25.6. The van der Waals surface area contributed by atoms with Crippen molar-refractivity contribution < 1.29 is 14.3 Å². The molecule has 17 heavy (non-hydrogen) atoms. The lowest BCUT2D eigenvalue weighted by molar-refractivity contribution is -0.137. The summed E-state index contributed by atoms with van der Waals surface area (Å²) in [5.41, 5.74) is 6.93. The predicted molar refractivity (Wildman–Crippen MR) is 62.6 cm³/mol. The molecule has 0 bridgehead atoms. The van der Waals surface area contributed by atoms with Crippen LogP contribution in [0.4, 0.5) is 0 Å². The average molecular weight is 236 g/mol. The van der Waals surface area contributed by atoms with Gasteiger partial charge in [0.15, 0.2) is 0 Å². The molecule has 0 saturated carbocycles. The van der Waals surface area contributed by atoms with Gasteiger partial charge < -0.3 is 9.47 Å². The number of esters is 1. The van der Waals surface area contributed by atoms with E-state index in [2.05, 4.69) is 10.9 Å². The molecule has 1 saturated heterocycles. The third kappa shape index (κ3) is 3.18. The molecule has 0 radical (unpaired) electrons. The first kappa shape index (κ1) is 11.9. The first-order valence-corrected chi connectivity index (χ1v) is 5.71. The minimum atomic E-state index is -0.331. The van der Waals surface area contributed by atoms with Crippen molar-refractivity contribution in [2.24, 2.45) is 0 Å².